The van der Waals surface area contributed by atoms with Gasteiger partial charge in [0.15, 0.2) is 0 Å². The highest BCUT2D eigenvalue weighted by molar-refractivity contribution is 7.99. The van der Waals surface area contributed by atoms with E-state index in [4.69, 9.17) is 10.8 Å². The number of hydrogen-bond donors (Lipinski definition) is 3. The maximum atomic E-state index is 10.2. The lowest BCUT2D eigenvalue weighted by atomic mass is 10.4. The molecule has 0 saturated carbocycles. The fraction of sp³-hybridized carbons (Fsp3) is 0.800. The molecule has 0 spiro atoms. The molecule has 0 fully saturated rings. The van der Waals surface area contributed by atoms with Crippen LogP contribution in [0.2, 0.25) is 0 Å². The highest BCUT2D eigenvalue weighted by Gasteiger charge is 2.09. The predicted octanol–water partition coefficient (Wildman–Crippen LogP) is -1.48. The third-order valence-electron chi connectivity index (χ3n) is 1.08. The van der Waals surface area contributed by atoms with E-state index in [2.05, 4.69) is 4.72 Å². The van der Waals surface area contributed by atoms with Gasteiger partial charge in [0, 0.05) is 29.3 Å². The smallest absolute Gasteiger partial charge is 0.321 e. The van der Waals surface area contributed by atoms with Gasteiger partial charge in [-0.25, -0.2) is 4.72 Å². The van der Waals surface area contributed by atoms with E-state index >= 15 is 0 Å². The summed E-state index contributed by atoms with van der Waals surface area (Å²) in [6.45, 7) is 0.285. The standard InChI is InChI=1S/C5H12N2O4S2/c6-4(5(8)9)3-12-2-1-7-13(10)11/h4,7H,1-3,6H2,(H,8,9)(H,10,11)/p-1/t4-/m0/s1. The van der Waals surface area contributed by atoms with Crippen molar-refractivity contribution in [2.24, 2.45) is 5.73 Å². The molecular weight excluding hydrogens is 216 g/mol. The first-order valence-corrected chi connectivity index (χ1v) is 5.66. The van der Waals surface area contributed by atoms with Crippen LogP contribution in [0.15, 0.2) is 0 Å². The molecule has 1 unspecified atom stereocenters. The topological polar surface area (TPSA) is 115 Å². The minimum Gasteiger partial charge on any atom is -0.760 e. The second-order valence-corrected chi connectivity index (χ2v) is 4.06. The van der Waals surface area contributed by atoms with Gasteiger partial charge in [-0.2, -0.15) is 11.8 Å². The molecule has 13 heavy (non-hydrogen) atoms. The summed E-state index contributed by atoms with van der Waals surface area (Å²) in [5.74, 6) is -0.259. The number of hydrogen-bond acceptors (Lipinski definition) is 5. The average molecular weight is 227 g/mol. The zero-order valence-corrected chi connectivity index (χ0v) is 8.40. The van der Waals surface area contributed by atoms with Gasteiger partial charge in [0.2, 0.25) is 0 Å². The van der Waals surface area contributed by atoms with Crippen LogP contribution in [0.1, 0.15) is 0 Å². The predicted molar refractivity (Wildman–Crippen MR) is 49.9 cm³/mol. The third kappa shape index (κ3) is 8.19. The van der Waals surface area contributed by atoms with Gasteiger partial charge in [-0.3, -0.25) is 9.00 Å². The molecule has 0 heterocycles. The third-order valence-corrected chi connectivity index (χ3v) is 2.61. The van der Waals surface area contributed by atoms with E-state index in [1.165, 1.54) is 11.8 Å². The Bertz CT molecular complexity index is 189. The lowest BCUT2D eigenvalue weighted by Gasteiger charge is -2.08. The molecule has 0 saturated heterocycles. The molecule has 0 aromatic rings. The Balaban J connectivity index is 3.26. The van der Waals surface area contributed by atoms with Crippen molar-refractivity contribution in [1.82, 2.24) is 4.72 Å². The largest absolute Gasteiger partial charge is 0.760 e. The van der Waals surface area contributed by atoms with Gasteiger partial charge in [0.05, 0.1) is 0 Å². The number of carboxylic acids is 1. The molecular formula is C5H11N2O4S2-. The number of rotatable bonds is 7. The van der Waals surface area contributed by atoms with E-state index < -0.39 is 23.3 Å². The van der Waals surface area contributed by atoms with E-state index in [1.54, 1.807) is 0 Å². The van der Waals surface area contributed by atoms with Gasteiger partial charge in [-0.15, -0.1) is 0 Å². The molecule has 0 amide bonds. The van der Waals surface area contributed by atoms with Crippen LogP contribution in [-0.2, 0) is 16.1 Å². The molecule has 78 valence electrons. The average Bonchev–Trinajstić information content (AvgIpc) is 2.02. The van der Waals surface area contributed by atoms with Crippen molar-refractivity contribution in [3.05, 3.63) is 0 Å². The Morgan fingerprint density at radius 1 is 1.77 bits per heavy atom. The van der Waals surface area contributed by atoms with Gasteiger partial charge in [-0.05, 0) is 0 Å². The van der Waals surface area contributed by atoms with Crippen LogP contribution in [0, 0.1) is 0 Å². The first kappa shape index (κ1) is 12.8. The van der Waals surface area contributed by atoms with Crippen LogP contribution in [0.25, 0.3) is 0 Å². The molecule has 0 aromatic heterocycles. The molecule has 0 radical (unpaired) electrons. The van der Waals surface area contributed by atoms with Crippen molar-refractivity contribution < 1.29 is 18.7 Å². The fourth-order valence-electron chi connectivity index (χ4n) is 0.479. The first-order valence-electron chi connectivity index (χ1n) is 3.43. The molecule has 6 nitrogen and oxygen atoms in total. The van der Waals surface area contributed by atoms with E-state index in [-0.39, 0.29) is 12.3 Å². The normalized spacial score (nSPS) is 15.2. The number of carbonyl (C=O) groups is 1. The van der Waals surface area contributed by atoms with Gasteiger partial charge in [-0.1, -0.05) is 0 Å². The summed E-state index contributed by atoms with van der Waals surface area (Å²) < 4.78 is 22.1. The summed E-state index contributed by atoms with van der Waals surface area (Å²) in [5.41, 5.74) is 5.20. The Labute approximate surface area is 82.7 Å². The van der Waals surface area contributed by atoms with Crippen LogP contribution in [0.5, 0.6) is 0 Å². The Hall–Kier alpha value is -0.150. The Kier molecular flexibility index (Phi) is 7.19. The molecule has 0 bridgehead atoms. The zero-order chi connectivity index (χ0) is 10.3. The Morgan fingerprint density at radius 2 is 2.38 bits per heavy atom. The van der Waals surface area contributed by atoms with Crippen LogP contribution in [0.4, 0.5) is 0 Å². The highest BCUT2D eigenvalue weighted by atomic mass is 32.2. The van der Waals surface area contributed by atoms with Crippen molar-refractivity contribution in [2.45, 2.75) is 6.04 Å². The summed E-state index contributed by atoms with van der Waals surface area (Å²) in [7, 11) is 0. The number of thioether (sulfide) groups is 1. The summed E-state index contributed by atoms with van der Waals surface area (Å²) >= 11 is -0.959. The van der Waals surface area contributed by atoms with Crippen molar-refractivity contribution in [2.75, 3.05) is 18.1 Å². The van der Waals surface area contributed by atoms with E-state index in [9.17, 15) is 13.6 Å². The summed E-state index contributed by atoms with van der Waals surface area (Å²) in [4.78, 5) is 10.2. The minimum absolute atomic E-state index is 0.280. The molecule has 0 aliphatic carbocycles. The minimum atomic E-state index is -2.25. The number of nitrogens with two attached hydrogens (primary N) is 1. The summed E-state index contributed by atoms with van der Waals surface area (Å²) in [6, 6.07) is -0.886. The Morgan fingerprint density at radius 3 is 2.85 bits per heavy atom. The summed E-state index contributed by atoms with van der Waals surface area (Å²) in [5, 5.41) is 8.37. The van der Waals surface area contributed by atoms with Crippen molar-refractivity contribution >= 4 is 29.0 Å². The number of nitrogens with one attached hydrogen (secondary N) is 1. The molecule has 8 heteroatoms. The van der Waals surface area contributed by atoms with Gasteiger partial charge in [0.25, 0.3) is 0 Å². The van der Waals surface area contributed by atoms with E-state index in [0.29, 0.717) is 5.75 Å². The van der Waals surface area contributed by atoms with E-state index in [0.717, 1.165) is 0 Å². The monoisotopic (exact) mass is 227 g/mol. The van der Waals surface area contributed by atoms with Crippen LogP contribution < -0.4 is 10.5 Å². The molecule has 0 aliphatic heterocycles. The van der Waals surface area contributed by atoms with Crippen molar-refractivity contribution in [3.63, 3.8) is 0 Å². The molecule has 4 N–H and O–H groups in total. The van der Waals surface area contributed by atoms with Gasteiger partial charge in [0.1, 0.15) is 6.04 Å². The lowest BCUT2D eigenvalue weighted by molar-refractivity contribution is -0.137. The quantitative estimate of drug-likeness (QED) is 0.360. The summed E-state index contributed by atoms with van der Waals surface area (Å²) in [6.07, 6.45) is 0. The lowest BCUT2D eigenvalue weighted by Crippen LogP contribution is -2.33. The molecule has 0 aliphatic rings. The second-order valence-electron chi connectivity index (χ2n) is 2.15. The van der Waals surface area contributed by atoms with Crippen LogP contribution in [0.3, 0.4) is 0 Å². The van der Waals surface area contributed by atoms with Crippen molar-refractivity contribution in [1.29, 1.82) is 0 Å². The van der Waals surface area contributed by atoms with Crippen LogP contribution in [-0.4, -0.2) is 43.9 Å². The highest BCUT2D eigenvalue weighted by Crippen LogP contribution is 2.00. The maximum absolute atomic E-state index is 10.2. The fourth-order valence-corrected chi connectivity index (χ4v) is 1.69. The SMILES string of the molecule is N[C@@H](CSCCNS(=O)[O-])C(=O)O. The number of carboxylic acid groups (broad SMARTS) is 1. The molecule has 0 aromatic carbocycles. The first-order chi connectivity index (χ1) is 6.04. The van der Waals surface area contributed by atoms with Crippen molar-refractivity contribution in [3.8, 4) is 0 Å². The molecule has 0 rings (SSSR count). The second kappa shape index (κ2) is 7.27. The zero-order valence-electron chi connectivity index (χ0n) is 6.76. The van der Waals surface area contributed by atoms with Gasteiger partial charge >= 0.3 is 5.97 Å². The van der Waals surface area contributed by atoms with Crippen LogP contribution >= 0.6 is 11.8 Å². The van der Waals surface area contributed by atoms with E-state index in [1.807, 2.05) is 0 Å². The molecule has 2 atom stereocenters. The number of aliphatic carboxylic acids is 1. The van der Waals surface area contributed by atoms with Gasteiger partial charge < -0.3 is 15.4 Å². The maximum Gasteiger partial charge on any atom is 0.321 e.